The van der Waals surface area contributed by atoms with Gasteiger partial charge in [-0.1, -0.05) is 24.3 Å². The molecule has 3 aromatic rings. The molecule has 0 fully saturated rings. The molecule has 0 heterocycles. The number of rotatable bonds is 4. The Morgan fingerprint density at radius 3 is 2.00 bits per heavy atom. The van der Waals surface area contributed by atoms with Gasteiger partial charge in [-0.2, -0.15) is 13.2 Å². The van der Waals surface area contributed by atoms with Crippen LogP contribution >= 0.6 is 0 Å². The third kappa shape index (κ3) is 5.22. The molecule has 2 N–H and O–H groups in total. The molecular formula is C22H17F3N2O2. The van der Waals surface area contributed by atoms with Crippen molar-refractivity contribution in [2.75, 3.05) is 10.6 Å². The van der Waals surface area contributed by atoms with Crippen LogP contribution in [0.25, 0.3) is 11.1 Å². The highest BCUT2D eigenvalue weighted by molar-refractivity contribution is 6.04. The van der Waals surface area contributed by atoms with Crippen LogP contribution in [-0.4, -0.2) is 11.8 Å². The number of alkyl halides is 3. The Labute approximate surface area is 165 Å². The van der Waals surface area contributed by atoms with Crippen molar-refractivity contribution < 1.29 is 22.8 Å². The topological polar surface area (TPSA) is 58.2 Å². The van der Waals surface area contributed by atoms with Gasteiger partial charge in [0.05, 0.1) is 5.56 Å². The third-order valence-corrected chi connectivity index (χ3v) is 4.13. The van der Waals surface area contributed by atoms with Gasteiger partial charge in [-0.25, -0.2) is 0 Å². The third-order valence-electron chi connectivity index (χ3n) is 4.13. The number of nitrogens with one attached hydrogen (secondary N) is 2. The van der Waals surface area contributed by atoms with E-state index in [0.29, 0.717) is 11.4 Å². The van der Waals surface area contributed by atoms with Crippen LogP contribution in [-0.2, 0) is 11.0 Å². The van der Waals surface area contributed by atoms with Gasteiger partial charge in [0.2, 0.25) is 5.91 Å². The predicted octanol–water partition coefficient (Wildman–Crippen LogP) is 5.58. The monoisotopic (exact) mass is 398 g/mol. The maximum absolute atomic E-state index is 12.6. The first kappa shape index (κ1) is 20.1. The molecule has 7 heteroatoms. The van der Waals surface area contributed by atoms with Crippen molar-refractivity contribution in [3.63, 3.8) is 0 Å². The maximum Gasteiger partial charge on any atom is 0.416 e. The van der Waals surface area contributed by atoms with Gasteiger partial charge in [0.25, 0.3) is 5.91 Å². The Morgan fingerprint density at radius 1 is 0.759 bits per heavy atom. The van der Waals surface area contributed by atoms with E-state index in [1.165, 1.54) is 6.92 Å². The van der Waals surface area contributed by atoms with Crippen LogP contribution in [0.3, 0.4) is 0 Å². The van der Waals surface area contributed by atoms with E-state index in [2.05, 4.69) is 10.6 Å². The summed E-state index contributed by atoms with van der Waals surface area (Å²) in [6.07, 6.45) is -4.44. The molecule has 29 heavy (non-hydrogen) atoms. The van der Waals surface area contributed by atoms with Crippen molar-refractivity contribution in [1.82, 2.24) is 0 Å². The summed E-state index contributed by atoms with van der Waals surface area (Å²) in [7, 11) is 0. The molecule has 0 aliphatic rings. The van der Waals surface area contributed by atoms with Gasteiger partial charge in [0, 0.05) is 23.9 Å². The highest BCUT2D eigenvalue weighted by atomic mass is 19.4. The predicted molar refractivity (Wildman–Crippen MR) is 106 cm³/mol. The fraction of sp³-hybridized carbons (Fsp3) is 0.0909. The molecule has 0 saturated heterocycles. The van der Waals surface area contributed by atoms with Gasteiger partial charge >= 0.3 is 6.18 Å². The second kappa shape index (κ2) is 8.18. The van der Waals surface area contributed by atoms with Gasteiger partial charge < -0.3 is 10.6 Å². The van der Waals surface area contributed by atoms with Crippen molar-refractivity contribution in [2.24, 2.45) is 0 Å². The first-order chi connectivity index (χ1) is 13.7. The molecule has 4 nitrogen and oxygen atoms in total. The average Bonchev–Trinajstić information content (AvgIpc) is 2.68. The number of anilines is 2. The zero-order valence-electron chi connectivity index (χ0n) is 15.4. The largest absolute Gasteiger partial charge is 0.416 e. The first-order valence-corrected chi connectivity index (χ1v) is 8.69. The standard InChI is InChI=1S/C22H17F3N2O2/c1-14(28)26-20-4-2-3-17(13-20)15-7-11-19(12-8-15)27-21(29)16-5-9-18(10-6-16)22(23,24)25/h2-13H,1H3,(H,26,28)(H,27,29). The summed E-state index contributed by atoms with van der Waals surface area (Å²) >= 11 is 0. The van der Waals surface area contributed by atoms with Gasteiger partial charge in [-0.15, -0.1) is 0 Å². The van der Waals surface area contributed by atoms with Gasteiger partial charge in [0.1, 0.15) is 0 Å². The highest BCUT2D eigenvalue weighted by Crippen LogP contribution is 2.29. The molecule has 0 aliphatic carbocycles. The van der Waals surface area contributed by atoms with Crippen LogP contribution in [0.5, 0.6) is 0 Å². The molecule has 148 valence electrons. The van der Waals surface area contributed by atoms with Crippen LogP contribution in [0.1, 0.15) is 22.8 Å². The lowest BCUT2D eigenvalue weighted by Crippen LogP contribution is -2.12. The summed E-state index contributed by atoms with van der Waals surface area (Å²) in [5, 5.41) is 5.37. The first-order valence-electron chi connectivity index (χ1n) is 8.69. The molecule has 3 rings (SSSR count). The van der Waals surface area contributed by atoms with Crippen LogP contribution in [0.15, 0.2) is 72.8 Å². The number of hydrogen-bond donors (Lipinski definition) is 2. The Morgan fingerprint density at radius 2 is 1.41 bits per heavy atom. The molecule has 2 amide bonds. The number of hydrogen-bond acceptors (Lipinski definition) is 2. The van der Waals surface area contributed by atoms with Gasteiger partial charge in [-0.05, 0) is 59.7 Å². The smallest absolute Gasteiger partial charge is 0.326 e. The molecular weight excluding hydrogens is 381 g/mol. The Kier molecular flexibility index (Phi) is 5.68. The van der Waals surface area contributed by atoms with Gasteiger partial charge in [-0.3, -0.25) is 9.59 Å². The van der Waals surface area contributed by atoms with Crippen molar-refractivity contribution in [2.45, 2.75) is 13.1 Å². The Balaban J connectivity index is 1.70. The minimum atomic E-state index is -4.44. The SMILES string of the molecule is CC(=O)Nc1cccc(-c2ccc(NC(=O)c3ccc(C(F)(F)F)cc3)cc2)c1. The molecule has 0 unspecified atom stereocenters. The molecule has 0 aliphatic heterocycles. The van der Waals surface area contributed by atoms with E-state index in [-0.39, 0.29) is 11.5 Å². The fourth-order valence-corrected chi connectivity index (χ4v) is 2.74. The lowest BCUT2D eigenvalue weighted by molar-refractivity contribution is -0.137. The summed E-state index contributed by atoms with van der Waals surface area (Å²) in [4.78, 5) is 23.4. The normalized spacial score (nSPS) is 11.0. The van der Waals surface area contributed by atoms with Crippen molar-refractivity contribution >= 4 is 23.2 Å². The summed E-state index contributed by atoms with van der Waals surface area (Å²) in [5.74, 6) is -0.664. The molecule has 0 atom stereocenters. The minimum Gasteiger partial charge on any atom is -0.326 e. The van der Waals surface area contributed by atoms with E-state index in [1.807, 2.05) is 18.2 Å². The molecule has 0 radical (unpaired) electrons. The summed E-state index contributed by atoms with van der Waals surface area (Å²) in [6, 6.07) is 18.3. The minimum absolute atomic E-state index is 0.130. The zero-order chi connectivity index (χ0) is 21.0. The van der Waals surface area contributed by atoms with Crippen molar-refractivity contribution in [1.29, 1.82) is 0 Å². The molecule has 0 spiro atoms. The van der Waals surface area contributed by atoms with Gasteiger partial charge in [0.15, 0.2) is 0 Å². The van der Waals surface area contributed by atoms with E-state index in [1.54, 1.807) is 30.3 Å². The fourth-order valence-electron chi connectivity index (χ4n) is 2.74. The maximum atomic E-state index is 12.6. The van der Waals surface area contributed by atoms with E-state index >= 15 is 0 Å². The number of halogens is 3. The van der Waals surface area contributed by atoms with Crippen molar-refractivity contribution in [3.05, 3.63) is 83.9 Å². The van der Waals surface area contributed by atoms with Crippen LogP contribution < -0.4 is 10.6 Å². The summed E-state index contributed by atoms with van der Waals surface area (Å²) in [5.41, 5.74) is 2.28. The lowest BCUT2D eigenvalue weighted by Gasteiger charge is -2.10. The van der Waals surface area contributed by atoms with Crippen molar-refractivity contribution in [3.8, 4) is 11.1 Å². The van der Waals surface area contributed by atoms with E-state index < -0.39 is 17.6 Å². The molecule has 0 saturated carbocycles. The average molecular weight is 398 g/mol. The second-order valence-corrected chi connectivity index (χ2v) is 6.37. The summed E-state index contributed by atoms with van der Waals surface area (Å²) in [6.45, 7) is 1.43. The number of amides is 2. The zero-order valence-corrected chi connectivity index (χ0v) is 15.4. The quantitative estimate of drug-likeness (QED) is 0.603. The molecule has 0 aromatic heterocycles. The molecule has 0 bridgehead atoms. The summed E-state index contributed by atoms with van der Waals surface area (Å²) < 4.78 is 37.8. The van der Waals surface area contributed by atoms with E-state index in [9.17, 15) is 22.8 Å². The Bertz CT molecular complexity index is 1030. The number of carbonyl (C=O) groups is 2. The number of benzene rings is 3. The number of carbonyl (C=O) groups excluding carboxylic acids is 2. The second-order valence-electron chi connectivity index (χ2n) is 6.37. The lowest BCUT2D eigenvalue weighted by atomic mass is 10.0. The van der Waals surface area contributed by atoms with Crippen LogP contribution in [0.2, 0.25) is 0 Å². The van der Waals surface area contributed by atoms with Crippen LogP contribution in [0.4, 0.5) is 24.5 Å². The van der Waals surface area contributed by atoms with E-state index in [4.69, 9.17) is 0 Å². The van der Waals surface area contributed by atoms with E-state index in [0.717, 1.165) is 35.4 Å². The highest BCUT2D eigenvalue weighted by Gasteiger charge is 2.30. The van der Waals surface area contributed by atoms with Crippen LogP contribution in [0, 0.1) is 0 Å². The molecule has 3 aromatic carbocycles. The Hall–Kier alpha value is -3.61.